The van der Waals surface area contributed by atoms with Gasteiger partial charge in [-0.2, -0.15) is 13.2 Å². The molecule has 51 heavy (non-hydrogen) atoms. The van der Waals surface area contributed by atoms with Crippen LogP contribution in [0.5, 0.6) is 5.75 Å². The van der Waals surface area contributed by atoms with Crippen LogP contribution in [0.15, 0.2) is 72.8 Å². The van der Waals surface area contributed by atoms with Crippen LogP contribution in [0.4, 0.5) is 17.6 Å². The van der Waals surface area contributed by atoms with Crippen LogP contribution in [-0.2, 0) is 32.4 Å². The first-order valence-corrected chi connectivity index (χ1v) is 19.7. The van der Waals surface area contributed by atoms with E-state index in [1.165, 1.54) is 23.3 Å². The van der Waals surface area contributed by atoms with Crippen LogP contribution in [0.3, 0.4) is 0 Å². The van der Waals surface area contributed by atoms with E-state index in [-0.39, 0.29) is 36.4 Å². The molecular formula is C40H49F4NO5S. The molecule has 0 bridgehead atoms. The molecule has 0 aromatic heterocycles. The smallest absolute Gasteiger partial charge is 0.389 e. The number of aromatic hydroxyl groups is 1. The molecule has 0 heterocycles. The zero-order valence-electron chi connectivity index (χ0n) is 29.1. The lowest BCUT2D eigenvalue weighted by atomic mass is 9.89. The summed E-state index contributed by atoms with van der Waals surface area (Å²) in [4.78, 5) is 14.7. The maximum Gasteiger partial charge on any atom is 0.389 e. The van der Waals surface area contributed by atoms with Crippen molar-refractivity contribution in [2.24, 2.45) is 0 Å². The molecular weight excluding hydrogens is 683 g/mol. The van der Waals surface area contributed by atoms with E-state index in [1.807, 2.05) is 59.5 Å². The second-order valence-electron chi connectivity index (χ2n) is 13.3. The van der Waals surface area contributed by atoms with Crippen LogP contribution >= 0.6 is 0 Å². The van der Waals surface area contributed by atoms with Gasteiger partial charge in [0.15, 0.2) is 0 Å². The Morgan fingerprint density at radius 2 is 1.51 bits per heavy atom. The molecule has 0 saturated carbocycles. The molecule has 3 aromatic carbocycles. The fraction of sp³-hybridized carbons (Fsp3) is 0.475. The van der Waals surface area contributed by atoms with Crippen molar-refractivity contribution in [3.8, 4) is 5.75 Å². The van der Waals surface area contributed by atoms with E-state index in [0.717, 1.165) is 73.6 Å². The minimum atomic E-state index is -4.37. The van der Waals surface area contributed by atoms with Gasteiger partial charge >= 0.3 is 12.1 Å². The third-order valence-corrected chi connectivity index (χ3v) is 11.0. The van der Waals surface area contributed by atoms with Crippen molar-refractivity contribution in [3.05, 3.63) is 101 Å². The second kappa shape index (κ2) is 19.8. The van der Waals surface area contributed by atoms with Crippen molar-refractivity contribution >= 4 is 27.0 Å². The second-order valence-corrected chi connectivity index (χ2v) is 15.6. The molecule has 6 nitrogen and oxygen atoms in total. The predicted molar refractivity (Wildman–Crippen MR) is 193 cm³/mol. The van der Waals surface area contributed by atoms with Gasteiger partial charge in [-0.05, 0) is 129 Å². The number of esters is 1. The maximum atomic E-state index is 13.8. The van der Waals surface area contributed by atoms with Gasteiger partial charge in [0.1, 0.15) is 28.0 Å². The summed E-state index contributed by atoms with van der Waals surface area (Å²) in [5.41, 5.74) is 6.57. The first-order chi connectivity index (χ1) is 24.4. The highest BCUT2D eigenvalue weighted by Gasteiger charge is 2.27. The van der Waals surface area contributed by atoms with Crippen molar-refractivity contribution in [3.63, 3.8) is 0 Å². The van der Waals surface area contributed by atoms with E-state index in [1.54, 1.807) is 6.07 Å². The molecule has 1 aliphatic rings. The number of phenolic OH excluding ortho intramolecular Hbond substituents is 1. The SMILES string of the molecule is O=C(CN(CCCCCCC1=C(c2ccc(F)cc2)CCCc2cc(O)ccc21)CCCCS(=O)(=O)CCCC(F)(F)F)OCc1ccccc1. The van der Waals surface area contributed by atoms with Gasteiger partial charge in [-0.15, -0.1) is 0 Å². The number of aryl methyl sites for hydroxylation is 1. The molecule has 0 unspecified atom stereocenters. The number of carbonyl (C=O) groups is 1. The summed E-state index contributed by atoms with van der Waals surface area (Å²) >= 11 is 0. The number of sulfone groups is 1. The molecule has 0 atom stereocenters. The number of nitrogens with zero attached hydrogens (tertiary/aromatic N) is 1. The van der Waals surface area contributed by atoms with Crippen molar-refractivity contribution in [2.75, 3.05) is 31.1 Å². The normalized spacial score (nSPS) is 13.7. The lowest BCUT2D eigenvalue weighted by molar-refractivity contribution is -0.146. The maximum absolute atomic E-state index is 13.8. The zero-order chi connectivity index (χ0) is 36.7. The van der Waals surface area contributed by atoms with Gasteiger partial charge < -0.3 is 9.84 Å². The van der Waals surface area contributed by atoms with Gasteiger partial charge in [-0.1, -0.05) is 61.4 Å². The van der Waals surface area contributed by atoms with Gasteiger partial charge in [-0.25, -0.2) is 12.8 Å². The highest BCUT2D eigenvalue weighted by atomic mass is 32.2. The molecule has 0 spiro atoms. The van der Waals surface area contributed by atoms with Gasteiger partial charge in [0.25, 0.3) is 0 Å². The van der Waals surface area contributed by atoms with Crippen LogP contribution in [0.25, 0.3) is 11.1 Å². The summed E-state index contributed by atoms with van der Waals surface area (Å²) < 4.78 is 81.1. The number of ether oxygens (including phenoxy) is 1. The Labute approximate surface area is 299 Å². The summed E-state index contributed by atoms with van der Waals surface area (Å²) in [6, 6.07) is 21.5. The van der Waals surface area contributed by atoms with Gasteiger partial charge in [0, 0.05) is 6.42 Å². The number of carbonyl (C=O) groups excluding carboxylic acids is 1. The number of rotatable bonds is 20. The monoisotopic (exact) mass is 731 g/mol. The first kappa shape index (κ1) is 40.1. The molecule has 1 aliphatic carbocycles. The van der Waals surface area contributed by atoms with Crippen LogP contribution in [-0.4, -0.2) is 61.7 Å². The molecule has 0 fully saturated rings. The first-order valence-electron chi connectivity index (χ1n) is 17.9. The van der Waals surface area contributed by atoms with Crippen molar-refractivity contribution < 1.29 is 40.6 Å². The van der Waals surface area contributed by atoms with E-state index in [4.69, 9.17) is 4.74 Å². The summed E-state index contributed by atoms with van der Waals surface area (Å²) in [6.45, 7) is 1.30. The van der Waals surface area contributed by atoms with Crippen molar-refractivity contribution in [2.45, 2.75) is 89.8 Å². The Kier molecular flexibility index (Phi) is 15.5. The Morgan fingerprint density at radius 3 is 2.24 bits per heavy atom. The minimum absolute atomic E-state index is 0.0582. The molecule has 0 amide bonds. The van der Waals surface area contributed by atoms with E-state index < -0.39 is 34.6 Å². The van der Waals surface area contributed by atoms with Crippen molar-refractivity contribution in [1.82, 2.24) is 4.90 Å². The molecule has 4 rings (SSSR count). The molecule has 3 aromatic rings. The van der Waals surface area contributed by atoms with Crippen LogP contribution in [0.2, 0.25) is 0 Å². The Bertz CT molecular complexity index is 1680. The average Bonchev–Trinajstić information content (AvgIpc) is 3.26. The fourth-order valence-corrected chi connectivity index (χ4v) is 8.02. The predicted octanol–water partition coefficient (Wildman–Crippen LogP) is 9.31. The van der Waals surface area contributed by atoms with Gasteiger partial charge in [0.05, 0.1) is 18.1 Å². The quantitative estimate of drug-likeness (QED) is 0.0709. The van der Waals surface area contributed by atoms with E-state index in [9.17, 15) is 35.9 Å². The van der Waals surface area contributed by atoms with Crippen LogP contribution < -0.4 is 0 Å². The summed E-state index contributed by atoms with van der Waals surface area (Å²) in [6.07, 6.45) is 1.92. The molecule has 0 aliphatic heterocycles. The van der Waals surface area contributed by atoms with Crippen molar-refractivity contribution in [1.29, 1.82) is 0 Å². The summed E-state index contributed by atoms with van der Waals surface area (Å²) in [5.74, 6) is -1.08. The van der Waals surface area contributed by atoms with Crippen LogP contribution in [0, 0.1) is 5.82 Å². The van der Waals surface area contributed by atoms with Crippen LogP contribution in [0.1, 0.15) is 92.9 Å². The standard InChI is InChI=1S/C40H49F4NO5S/c41-34-19-17-32(18-20-34)36-16-10-14-33-28-35(46)21-22-37(33)38(36)15-6-1-2-7-24-45(29-39(47)50-30-31-12-4-3-5-13-31)25-8-9-26-51(48,49)27-11-23-40(42,43)44/h3-5,12-13,17-22,28,46H,1-2,6-11,14-16,23-27,29-30H2. The number of hydrogen-bond acceptors (Lipinski definition) is 6. The Morgan fingerprint density at radius 1 is 0.824 bits per heavy atom. The number of hydrogen-bond donors (Lipinski definition) is 1. The summed E-state index contributed by atoms with van der Waals surface area (Å²) in [7, 11) is -3.59. The third kappa shape index (κ3) is 14.4. The molecule has 278 valence electrons. The molecule has 11 heteroatoms. The lowest BCUT2D eigenvalue weighted by Gasteiger charge is -2.21. The zero-order valence-corrected chi connectivity index (χ0v) is 29.9. The van der Waals surface area contributed by atoms with Gasteiger partial charge in [-0.3, -0.25) is 9.69 Å². The van der Waals surface area contributed by atoms with Gasteiger partial charge in [0.2, 0.25) is 0 Å². The average molecular weight is 732 g/mol. The third-order valence-electron chi connectivity index (χ3n) is 9.19. The summed E-state index contributed by atoms with van der Waals surface area (Å²) in [5, 5.41) is 10.1. The largest absolute Gasteiger partial charge is 0.508 e. The number of halogens is 4. The number of phenols is 1. The van der Waals surface area contributed by atoms with E-state index in [2.05, 4.69) is 0 Å². The number of fused-ring (bicyclic) bond motifs is 1. The number of benzene rings is 3. The fourth-order valence-electron chi connectivity index (χ4n) is 6.58. The van der Waals surface area contributed by atoms with E-state index >= 15 is 0 Å². The number of alkyl halides is 3. The topological polar surface area (TPSA) is 83.9 Å². The lowest BCUT2D eigenvalue weighted by Crippen LogP contribution is -2.33. The molecule has 0 saturated heterocycles. The Hall–Kier alpha value is -3.70. The number of allylic oxidation sites excluding steroid dienone is 2. The minimum Gasteiger partial charge on any atom is -0.508 e. The molecule has 0 radical (unpaired) electrons. The molecule has 1 N–H and O–H groups in total. The Balaban J connectivity index is 1.31. The number of unbranched alkanes of at least 4 members (excludes halogenated alkanes) is 4. The van der Waals surface area contributed by atoms with E-state index in [0.29, 0.717) is 25.9 Å². The highest BCUT2D eigenvalue weighted by molar-refractivity contribution is 7.91. The highest BCUT2D eigenvalue weighted by Crippen LogP contribution is 2.39.